The molecule has 1 aromatic carbocycles. The standard InChI is InChI=1S/C28H34N2O4/c1-16-7-24(31)27(17(2)30(16)14-22-15-33-25-5-3-4-6-26(25)34-22)28(32)29-13-23-20-9-18-8-19(11-20)12-21(23)10-18/h3-7,18-23H,8-15H2,1-2H3,(H,29,32)/t18?,19?,20?,21?,22-,23?/m1/s1. The quantitative estimate of drug-likeness (QED) is 0.726. The van der Waals surface area contributed by atoms with Crippen LogP contribution in [0.5, 0.6) is 11.5 Å². The SMILES string of the molecule is Cc1cc(=O)c(C(=O)NCC2C3CC4CC(C3)CC2C4)c(C)n1C[C@@H]1COc2ccccc2O1. The molecular formula is C28H34N2O4. The average Bonchev–Trinajstić information content (AvgIpc) is 2.80. The number of rotatable bonds is 5. The van der Waals surface area contributed by atoms with Gasteiger partial charge in [0, 0.05) is 24.0 Å². The van der Waals surface area contributed by atoms with Crippen molar-refractivity contribution in [1.82, 2.24) is 9.88 Å². The number of aromatic nitrogens is 1. The smallest absolute Gasteiger partial charge is 0.257 e. The van der Waals surface area contributed by atoms with Crippen molar-refractivity contribution in [3.63, 3.8) is 0 Å². The van der Waals surface area contributed by atoms with E-state index in [0.717, 1.165) is 40.9 Å². The summed E-state index contributed by atoms with van der Waals surface area (Å²) in [5.74, 6) is 5.13. The molecule has 6 heteroatoms. The number of nitrogens with zero attached hydrogens (tertiary/aromatic N) is 1. The van der Waals surface area contributed by atoms with Gasteiger partial charge in [-0.2, -0.15) is 0 Å². The highest BCUT2D eigenvalue weighted by molar-refractivity contribution is 5.95. The molecule has 7 rings (SSSR count). The second kappa shape index (κ2) is 8.47. The van der Waals surface area contributed by atoms with E-state index in [-0.39, 0.29) is 23.0 Å². The molecule has 180 valence electrons. The second-order valence-electron chi connectivity index (χ2n) is 11.0. The summed E-state index contributed by atoms with van der Waals surface area (Å²) in [6.07, 6.45) is 6.55. The largest absolute Gasteiger partial charge is 0.486 e. The van der Waals surface area contributed by atoms with Gasteiger partial charge in [-0.15, -0.1) is 0 Å². The Morgan fingerprint density at radius 1 is 1.03 bits per heavy atom. The van der Waals surface area contributed by atoms with Crippen LogP contribution in [-0.4, -0.2) is 29.7 Å². The van der Waals surface area contributed by atoms with Gasteiger partial charge in [-0.1, -0.05) is 12.1 Å². The number of carbonyl (C=O) groups is 1. The summed E-state index contributed by atoms with van der Waals surface area (Å²) in [5, 5.41) is 3.16. The van der Waals surface area contributed by atoms with Crippen LogP contribution in [0, 0.1) is 43.4 Å². The van der Waals surface area contributed by atoms with Crippen LogP contribution in [0.2, 0.25) is 0 Å². The molecule has 0 radical (unpaired) electrons. The molecule has 2 aromatic rings. The van der Waals surface area contributed by atoms with Crippen LogP contribution in [0.3, 0.4) is 0 Å². The molecule has 34 heavy (non-hydrogen) atoms. The number of carbonyl (C=O) groups excluding carboxylic acids is 1. The van der Waals surface area contributed by atoms with Gasteiger partial charge in [0.05, 0.1) is 6.54 Å². The Labute approximate surface area is 200 Å². The van der Waals surface area contributed by atoms with Gasteiger partial charge in [-0.25, -0.2) is 0 Å². The third-order valence-corrected chi connectivity index (χ3v) is 8.88. The minimum absolute atomic E-state index is 0.196. The molecule has 4 aliphatic carbocycles. The number of aryl methyl sites for hydroxylation is 1. The van der Waals surface area contributed by atoms with E-state index < -0.39 is 0 Å². The zero-order valence-electron chi connectivity index (χ0n) is 20.1. The number of benzene rings is 1. The van der Waals surface area contributed by atoms with E-state index in [4.69, 9.17) is 9.47 Å². The maximum Gasteiger partial charge on any atom is 0.257 e. The fourth-order valence-corrected chi connectivity index (χ4v) is 7.50. The van der Waals surface area contributed by atoms with Crippen LogP contribution >= 0.6 is 0 Å². The van der Waals surface area contributed by atoms with E-state index in [0.29, 0.717) is 31.3 Å². The zero-order valence-corrected chi connectivity index (χ0v) is 20.1. The molecule has 4 saturated carbocycles. The highest BCUT2D eigenvalue weighted by Gasteiger charge is 2.48. The van der Waals surface area contributed by atoms with Crippen molar-refractivity contribution in [3.8, 4) is 11.5 Å². The van der Waals surface area contributed by atoms with Crippen LogP contribution < -0.4 is 20.2 Å². The topological polar surface area (TPSA) is 69.6 Å². The number of para-hydroxylation sites is 2. The summed E-state index contributed by atoms with van der Waals surface area (Å²) in [4.78, 5) is 26.1. The Morgan fingerprint density at radius 3 is 2.41 bits per heavy atom. The minimum Gasteiger partial charge on any atom is -0.486 e. The van der Waals surface area contributed by atoms with E-state index in [1.807, 2.05) is 42.7 Å². The molecule has 0 saturated heterocycles. The number of amides is 1. The Hall–Kier alpha value is -2.76. The first-order valence-corrected chi connectivity index (χ1v) is 12.8. The molecule has 1 aromatic heterocycles. The first-order valence-electron chi connectivity index (χ1n) is 12.8. The van der Waals surface area contributed by atoms with E-state index in [2.05, 4.69) is 5.32 Å². The fourth-order valence-electron chi connectivity index (χ4n) is 7.50. The summed E-state index contributed by atoms with van der Waals surface area (Å²) in [6, 6.07) is 9.21. The fraction of sp³-hybridized carbons (Fsp3) is 0.571. The lowest BCUT2D eigenvalue weighted by Gasteiger charge is -2.54. The van der Waals surface area contributed by atoms with Gasteiger partial charge in [0.2, 0.25) is 0 Å². The van der Waals surface area contributed by atoms with Crippen LogP contribution in [0.1, 0.15) is 53.8 Å². The third-order valence-electron chi connectivity index (χ3n) is 8.88. The van der Waals surface area contributed by atoms with Crippen molar-refractivity contribution in [2.24, 2.45) is 29.6 Å². The molecule has 1 amide bonds. The number of nitrogens with one attached hydrogen (secondary N) is 1. The van der Waals surface area contributed by atoms with Crippen molar-refractivity contribution in [1.29, 1.82) is 0 Å². The predicted molar refractivity (Wildman–Crippen MR) is 129 cm³/mol. The number of fused-ring (bicyclic) bond motifs is 1. The minimum atomic E-state index is -0.240. The normalized spacial score (nSPS) is 30.9. The Morgan fingerprint density at radius 2 is 1.71 bits per heavy atom. The van der Waals surface area contributed by atoms with Crippen molar-refractivity contribution in [2.45, 2.75) is 58.6 Å². The Balaban J connectivity index is 1.17. The van der Waals surface area contributed by atoms with Gasteiger partial charge in [-0.05, 0) is 87.7 Å². The monoisotopic (exact) mass is 462 g/mol. The molecular weight excluding hydrogens is 428 g/mol. The van der Waals surface area contributed by atoms with E-state index >= 15 is 0 Å². The Kier molecular flexibility index (Phi) is 5.42. The summed E-state index contributed by atoms with van der Waals surface area (Å²) >= 11 is 0. The zero-order chi connectivity index (χ0) is 23.4. The van der Waals surface area contributed by atoms with Crippen molar-refractivity contribution in [3.05, 3.63) is 57.5 Å². The van der Waals surface area contributed by atoms with Gasteiger partial charge in [0.15, 0.2) is 23.0 Å². The summed E-state index contributed by atoms with van der Waals surface area (Å²) in [5.41, 5.74) is 1.56. The molecule has 1 N–H and O–H groups in total. The van der Waals surface area contributed by atoms with Crippen molar-refractivity contribution >= 4 is 5.91 Å². The van der Waals surface area contributed by atoms with Gasteiger partial charge < -0.3 is 19.4 Å². The van der Waals surface area contributed by atoms with E-state index in [1.54, 1.807) is 6.07 Å². The maximum atomic E-state index is 13.3. The Bertz CT molecular complexity index is 1140. The summed E-state index contributed by atoms with van der Waals surface area (Å²) < 4.78 is 14.0. The number of hydrogen-bond donors (Lipinski definition) is 1. The average molecular weight is 463 g/mol. The first-order chi connectivity index (χ1) is 16.5. The van der Waals surface area contributed by atoms with Crippen LogP contribution in [0.4, 0.5) is 0 Å². The van der Waals surface area contributed by atoms with Gasteiger partial charge in [0.1, 0.15) is 12.2 Å². The molecule has 6 nitrogen and oxygen atoms in total. The highest BCUT2D eigenvalue weighted by Crippen LogP contribution is 2.56. The molecule has 2 heterocycles. The van der Waals surface area contributed by atoms with Gasteiger partial charge in [0.25, 0.3) is 5.91 Å². The van der Waals surface area contributed by atoms with E-state index in [1.165, 1.54) is 32.1 Å². The lowest BCUT2D eigenvalue weighted by Crippen LogP contribution is -2.49. The number of hydrogen-bond acceptors (Lipinski definition) is 4. The van der Waals surface area contributed by atoms with E-state index in [9.17, 15) is 9.59 Å². The summed E-state index contributed by atoms with van der Waals surface area (Å²) in [6.45, 7) is 5.40. The number of ether oxygens (including phenoxy) is 2. The number of pyridine rings is 1. The molecule has 0 unspecified atom stereocenters. The van der Waals surface area contributed by atoms with Gasteiger partial charge >= 0.3 is 0 Å². The predicted octanol–water partition coefficient (Wildman–Crippen LogP) is 4.11. The lowest BCUT2D eigenvalue weighted by atomic mass is 9.52. The van der Waals surface area contributed by atoms with Crippen molar-refractivity contribution < 1.29 is 14.3 Å². The second-order valence-corrected chi connectivity index (χ2v) is 11.0. The first kappa shape index (κ1) is 21.8. The van der Waals surface area contributed by atoms with Crippen LogP contribution in [0.25, 0.3) is 0 Å². The molecule has 4 bridgehead atoms. The van der Waals surface area contributed by atoms with Crippen LogP contribution in [-0.2, 0) is 6.54 Å². The summed E-state index contributed by atoms with van der Waals surface area (Å²) in [7, 11) is 0. The maximum absolute atomic E-state index is 13.3. The highest BCUT2D eigenvalue weighted by atomic mass is 16.6. The molecule has 0 spiro atoms. The molecule has 1 aliphatic heterocycles. The van der Waals surface area contributed by atoms with Crippen molar-refractivity contribution in [2.75, 3.05) is 13.2 Å². The molecule has 4 fully saturated rings. The van der Waals surface area contributed by atoms with Crippen LogP contribution in [0.15, 0.2) is 35.1 Å². The lowest BCUT2D eigenvalue weighted by molar-refractivity contribution is -0.0347. The third kappa shape index (κ3) is 3.81. The molecule has 5 aliphatic rings. The molecule has 1 atom stereocenters. The van der Waals surface area contributed by atoms with Gasteiger partial charge in [-0.3, -0.25) is 9.59 Å².